The summed E-state index contributed by atoms with van der Waals surface area (Å²) in [5.74, 6) is 0. The summed E-state index contributed by atoms with van der Waals surface area (Å²) >= 11 is 0. The number of anilines is 3. The second-order valence-electron chi connectivity index (χ2n) is 15.8. The Morgan fingerprint density at radius 2 is 0.906 bits per heavy atom. The lowest BCUT2D eigenvalue weighted by Crippen LogP contribution is -2.16. The van der Waals surface area contributed by atoms with Crippen molar-refractivity contribution in [2.75, 3.05) is 4.90 Å². The van der Waals surface area contributed by atoms with Gasteiger partial charge in [-0.05, 0) is 108 Å². The average Bonchev–Trinajstić information content (AvgIpc) is 3.58. The summed E-state index contributed by atoms with van der Waals surface area (Å²) in [6, 6.07) is 65.3. The van der Waals surface area contributed by atoms with Crippen molar-refractivity contribution in [2.24, 2.45) is 0 Å². The lowest BCUT2D eigenvalue weighted by Gasteiger charge is -2.29. The first-order valence-corrected chi connectivity index (χ1v) is 18.8. The third kappa shape index (κ3) is 4.77. The largest absolute Gasteiger partial charge is 0.310 e. The van der Waals surface area contributed by atoms with Gasteiger partial charge in [0, 0.05) is 27.8 Å². The molecule has 10 rings (SSSR count). The highest BCUT2D eigenvalue weighted by molar-refractivity contribution is 5.95. The first-order chi connectivity index (χ1) is 25.8. The van der Waals surface area contributed by atoms with Crippen molar-refractivity contribution >= 4 is 27.8 Å². The minimum atomic E-state index is -0.107. The van der Waals surface area contributed by atoms with E-state index in [1.165, 1.54) is 77.5 Å². The molecule has 0 aliphatic heterocycles. The molecule has 0 bridgehead atoms. The maximum Gasteiger partial charge on any atom is 0.0540 e. The molecule has 8 aromatic rings. The Morgan fingerprint density at radius 1 is 0.340 bits per heavy atom. The van der Waals surface area contributed by atoms with Crippen molar-refractivity contribution in [1.29, 1.82) is 0 Å². The zero-order chi connectivity index (χ0) is 35.9. The van der Waals surface area contributed by atoms with Crippen LogP contribution in [-0.4, -0.2) is 0 Å². The Kier molecular flexibility index (Phi) is 6.94. The highest BCUT2D eigenvalue weighted by atomic mass is 15.1. The van der Waals surface area contributed by atoms with Crippen LogP contribution in [0.5, 0.6) is 0 Å². The molecule has 1 nitrogen and oxygen atoms in total. The van der Waals surface area contributed by atoms with Crippen LogP contribution in [0.25, 0.3) is 55.3 Å². The molecule has 0 saturated heterocycles. The lowest BCUT2D eigenvalue weighted by molar-refractivity contribution is 0.660. The molecule has 0 spiro atoms. The highest BCUT2D eigenvalue weighted by Gasteiger charge is 2.38. The van der Waals surface area contributed by atoms with Crippen molar-refractivity contribution in [3.63, 3.8) is 0 Å². The summed E-state index contributed by atoms with van der Waals surface area (Å²) in [6.07, 6.45) is 0. The fraction of sp³-hybridized carbons (Fsp3) is 0.115. The van der Waals surface area contributed by atoms with E-state index in [9.17, 15) is 0 Å². The summed E-state index contributed by atoms with van der Waals surface area (Å²) in [5.41, 5.74) is 19.1. The van der Waals surface area contributed by atoms with Crippen molar-refractivity contribution in [3.8, 4) is 44.5 Å². The monoisotopic (exact) mass is 679 g/mol. The van der Waals surface area contributed by atoms with Crippen LogP contribution in [0.1, 0.15) is 49.9 Å². The molecule has 0 aromatic heterocycles. The Morgan fingerprint density at radius 3 is 1.72 bits per heavy atom. The second-order valence-corrected chi connectivity index (χ2v) is 15.8. The topological polar surface area (TPSA) is 3.24 Å². The second kappa shape index (κ2) is 11.7. The summed E-state index contributed by atoms with van der Waals surface area (Å²) in [7, 11) is 0. The van der Waals surface area contributed by atoms with E-state index in [4.69, 9.17) is 0 Å². The molecule has 0 fully saturated rings. The summed E-state index contributed by atoms with van der Waals surface area (Å²) < 4.78 is 0. The molecule has 0 N–H and O–H groups in total. The minimum Gasteiger partial charge on any atom is -0.310 e. The molecule has 0 heterocycles. The van der Waals surface area contributed by atoms with Gasteiger partial charge in [0.25, 0.3) is 0 Å². The molecule has 53 heavy (non-hydrogen) atoms. The van der Waals surface area contributed by atoms with Crippen molar-refractivity contribution in [1.82, 2.24) is 0 Å². The number of hydrogen-bond acceptors (Lipinski definition) is 1. The predicted molar refractivity (Wildman–Crippen MR) is 225 cm³/mol. The van der Waals surface area contributed by atoms with E-state index in [0.717, 1.165) is 17.1 Å². The summed E-state index contributed by atoms with van der Waals surface area (Å²) in [6.45, 7) is 9.47. The normalized spacial score (nSPS) is 14.3. The molecule has 8 aromatic carbocycles. The van der Waals surface area contributed by atoms with E-state index in [-0.39, 0.29) is 10.8 Å². The highest BCUT2D eigenvalue weighted by Crippen LogP contribution is 2.53. The lowest BCUT2D eigenvalue weighted by atomic mass is 9.79. The van der Waals surface area contributed by atoms with Gasteiger partial charge in [-0.25, -0.2) is 0 Å². The van der Waals surface area contributed by atoms with Gasteiger partial charge in [0.05, 0.1) is 5.69 Å². The number of hydrogen-bond donors (Lipinski definition) is 0. The molecule has 0 unspecified atom stereocenters. The number of rotatable bonds is 5. The molecule has 2 aliphatic rings. The molecule has 2 aliphatic carbocycles. The van der Waals surface area contributed by atoms with E-state index < -0.39 is 0 Å². The van der Waals surface area contributed by atoms with Gasteiger partial charge in [0.1, 0.15) is 0 Å². The van der Waals surface area contributed by atoms with Crippen LogP contribution in [0.3, 0.4) is 0 Å². The molecule has 1 heteroatoms. The fourth-order valence-electron chi connectivity index (χ4n) is 9.43. The van der Waals surface area contributed by atoms with Gasteiger partial charge < -0.3 is 4.90 Å². The first-order valence-electron chi connectivity index (χ1n) is 18.8. The van der Waals surface area contributed by atoms with Crippen LogP contribution >= 0.6 is 0 Å². The van der Waals surface area contributed by atoms with Gasteiger partial charge in [-0.1, -0.05) is 167 Å². The zero-order valence-corrected chi connectivity index (χ0v) is 30.7. The predicted octanol–water partition coefficient (Wildman–Crippen LogP) is 14.3. The van der Waals surface area contributed by atoms with Crippen molar-refractivity contribution in [3.05, 3.63) is 198 Å². The van der Waals surface area contributed by atoms with Crippen LogP contribution in [-0.2, 0) is 10.8 Å². The Balaban J connectivity index is 1.16. The van der Waals surface area contributed by atoms with E-state index in [2.05, 4.69) is 209 Å². The summed E-state index contributed by atoms with van der Waals surface area (Å²) in [4.78, 5) is 2.46. The number of benzene rings is 8. The number of para-hydroxylation sites is 1. The van der Waals surface area contributed by atoms with E-state index >= 15 is 0 Å². The maximum atomic E-state index is 2.46. The van der Waals surface area contributed by atoms with Gasteiger partial charge in [0.2, 0.25) is 0 Å². The van der Waals surface area contributed by atoms with Gasteiger partial charge in [0.15, 0.2) is 0 Å². The van der Waals surface area contributed by atoms with Crippen molar-refractivity contribution in [2.45, 2.75) is 38.5 Å². The molecule has 0 saturated carbocycles. The maximum absolute atomic E-state index is 2.46. The Hall–Kier alpha value is -6.18. The fourth-order valence-corrected chi connectivity index (χ4v) is 9.43. The van der Waals surface area contributed by atoms with Crippen LogP contribution in [0.4, 0.5) is 17.1 Å². The summed E-state index contributed by atoms with van der Waals surface area (Å²) in [5, 5.41) is 2.46. The molecule has 0 atom stereocenters. The smallest absolute Gasteiger partial charge is 0.0540 e. The number of nitrogens with zero attached hydrogens (tertiary/aromatic N) is 1. The SMILES string of the molecule is CC1(C)c2ccccc2-c2ccc(-c3ccccc3N(c3cccc(-c4cccc5c4C(C)(C)c4ccccc4-5)c3)c3ccc4ccccc4c3)cc21. The van der Waals surface area contributed by atoms with E-state index in [0.29, 0.717) is 0 Å². The molecular weight excluding hydrogens is 639 g/mol. The third-order valence-electron chi connectivity index (χ3n) is 12.0. The number of fused-ring (bicyclic) bond motifs is 7. The molecule has 254 valence electrons. The van der Waals surface area contributed by atoms with Gasteiger partial charge in [-0.15, -0.1) is 0 Å². The van der Waals surface area contributed by atoms with Gasteiger partial charge in [-0.3, -0.25) is 0 Å². The van der Waals surface area contributed by atoms with E-state index in [1.54, 1.807) is 0 Å². The average molecular weight is 680 g/mol. The van der Waals surface area contributed by atoms with Crippen LogP contribution in [0.2, 0.25) is 0 Å². The third-order valence-corrected chi connectivity index (χ3v) is 12.0. The minimum absolute atomic E-state index is 0.0768. The Bertz CT molecular complexity index is 2740. The van der Waals surface area contributed by atoms with Crippen LogP contribution in [0, 0.1) is 0 Å². The van der Waals surface area contributed by atoms with Crippen LogP contribution in [0.15, 0.2) is 176 Å². The van der Waals surface area contributed by atoms with Crippen LogP contribution < -0.4 is 4.90 Å². The van der Waals surface area contributed by atoms with E-state index in [1.807, 2.05) is 0 Å². The molecule has 0 radical (unpaired) electrons. The standard InChI is InChI=1S/C52H41N/c1-51(2)46-24-10-7-20-42(46)44-30-28-37(33-48(44)51)40-19-9-12-26-49(40)53(39-29-27-34-15-5-6-16-35(34)31-39)38-18-13-17-36(32-38)41-22-14-23-45-43-21-8-11-25-47(43)52(3,4)50(41)45/h5-33H,1-4H3. The Labute approximate surface area is 312 Å². The van der Waals surface area contributed by atoms with Gasteiger partial charge in [-0.2, -0.15) is 0 Å². The first kappa shape index (κ1) is 31.5. The molecular formula is C52H41N. The van der Waals surface area contributed by atoms with Crippen molar-refractivity contribution < 1.29 is 0 Å². The zero-order valence-electron chi connectivity index (χ0n) is 30.7. The molecule has 0 amide bonds. The quantitative estimate of drug-likeness (QED) is 0.175. The van der Waals surface area contributed by atoms with Gasteiger partial charge >= 0.3 is 0 Å².